The molecule has 3 nitrogen and oxygen atoms in total. The van der Waals surface area contributed by atoms with Gasteiger partial charge in [0.25, 0.3) is 0 Å². The van der Waals surface area contributed by atoms with Crippen LogP contribution in [-0.4, -0.2) is 28.4 Å². The second kappa shape index (κ2) is 5.67. The maximum absolute atomic E-state index is 8.83. The summed E-state index contributed by atoms with van der Waals surface area (Å²) in [5, 5.41) is 17.7. The van der Waals surface area contributed by atoms with Crippen LogP contribution < -0.4 is 0 Å². The van der Waals surface area contributed by atoms with Crippen LogP contribution in [0.2, 0.25) is 0 Å². The molecule has 0 amide bonds. The Bertz CT molecular complexity index is 222. The Hall–Kier alpha value is -0.930. The molecule has 2 N–H and O–H groups in total. The molecular weight excluding hydrogens is 166 g/mol. The van der Waals surface area contributed by atoms with Gasteiger partial charge in [-0.3, -0.25) is 4.98 Å². The first-order valence-electron chi connectivity index (χ1n) is 4.47. The van der Waals surface area contributed by atoms with Crippen LogP contribution in [0.15, 0.2) is 24.5 Å². The standard InChI is InChI=1S/C10H15NO2/c12-7-10(8-13)2-1-9-3-5-11-6-4-9/h3-6,10,12-13H,1-2,7-8H2. The molecule has 72 valence electrons. The quantitative estimate of drug-likeness (QED) is 0.700. The van der Waals surface area contributed by atoms with E-state index in [1.165, 1.54) is 5.56 Å². The summed E-state index contributed by atoms with van der Waals surface area (Å²) in [6.07, 6.45) is 5.20. The van der Waals surface area contributed by atoms with Crippen molar-refractivity contribution in [1.82, 2.24) is 4.98 Å². The zero-order chi connectivity index (χ0) is 9.52. The third kappa shape index (κ3) is 3.53. The molecule has 3 heteroatoms. The highest BCUT2D eigenvalue weighted by molar-refractivity contribution is 5.09. The van der Waals surface area contributed by atoms with E-state index >= 15 is 0 Å². The van der Waals surface area contributed by atoms with Crippen molar-refractivity contribution in [3.63, 3.8) is 0 Å². The highest BCUT2D eigenvalue weighted by atomic mass is 16.3. The lowest BCUT2D eigenvalue weighted by Gasteiger charge is -2.09. The van der Waals surface area contributed by atoms with Crippen molar-refractivity contribution in [2.24, 2.45) is 5.92 Å². The van der Waals surface area contributed by atoms with Crippen molar-refractivity contribution >= 4 is 0 Å². The number of aliphatic hydroxyl groups excluding tert-OH is 2. The molecule has 0 atom stereocenters. The SMILES string of the molecule is OCC(CO)CCc1ccncc1. The molecule has 0 aliphatic rings. The van der Waals surface area contributed by atoms with E-state index in [2.05, 4.69) is 4.98 Å². The van der Waals surface area contributed by atoms with Crippen molar-refractivity contribution in [2.45, 2.75) is 12.8 Å². The average molecular weight is 181 g/mol. The molecule has 0 saturated carbocycles. The Morgan fingerprint density at radius 1 is 1.15 bits per heavy atom. The molecule has 1 aromatic rings. The van der Waals surface area contributed by atoms with E-state index in [0.717, 1.165) is 12.8 Å². The fourth-order valence-corrected chi connectivity index (χ4v) is 1.16. The van der Waals surface area contributed by atoms with Gasteiger partial charge in [-0.25, -0.2) is 0 Å². The lowest BCUT2D eigenvalue weighted by Crippen LogP contribution is -2.11. The lowest BCUT2D eigenvalue weighted by molar-refractivity contribution is 0.144. The van der Waals surface area contributed by atoms with E-state index in [-0.39, 0.29) is 19.1 Å². The van der Waals surface area contributed by atoms with Crippen LogP contribution in [-0.2, 0) is 6.42 Å². The lowest BCUT2D eigenvalue weighted by atomic mass is 10.0. The van der Waals surface area contributed by atoms with Gasteiger partial charge in [0.15, 0.2) is 0 Å². The molecule has 1 heterocycles. The summed E-state index contributed by atoms with van der Waals surface area (Å²) in [6.45, 7) is 0.114. The van der Waals surface area contributed by atoms with Gasteiger partial charge in [-0.05, 0) is 30.5 Å². The summed E-state index contributed by atoms with van der Waals surface area (Å²) in [4.78, 5) is 3.91. The summed E-state index contributed by atoms with van der Waals surface area (Å²) in [5.74, 6) is 0.00756. The Balaban J connectivity index is 2.34. The first kappa shape index (κ1) is 10.2. The highest BCUT2D eigenvalue weighted by Gasteiger charge is 2.05. The van der Waals surface area contributed by atoms with Crippen LogP contribution in [0, 0.1) is 5.92 Å². The zero-order valence-corrected chi connectivity index (χ0v) is 7.56. The Kier molecular flexibility index (Phi) is 4.43. The largest absolute Gasteiger partial charge is 0.396 e. The molecule has 0 fully saturated rings. The normalized spacial score (nSPS) is 10.7. The van der Waals surface area contributed by atoms with Crippen LogP contribution in [0.5, 0.6) is 0 Å². The van der Waals surface area contributed by atoms with Crippen molar-refractivity contribution < 1.29 is 10.2 Å². The van der Waals surface area contributed by atoms with Gasteiger partial charge in [0.2, 0.25) is 0 Å². The molecule has 0 aromatic carbocycles. The number of hydrogen-bond acceptors (Lipinski definition) is 3. The second-order valence-corrected chi connectivity index (χ2v) is 3.13. The summed E-state index contributed by atoms with van der Waals surface area (Å²) in [6, 6.07) is 3.90. The third-order valence-electron chi connectivity index (χ3n) is 2.11. The maximum Gasteiger partial charge on any atom is 0.0481 e. The predicted molar refractivity (Wildman–Crippen MR) is 50.2 cm³/mol. The number of aryl methyl sites for hydroxylation is 1. The van der Waals surface area contributed by atoms with Gasteiger partial charge in [0, 0.05) is 31.5 Å². The fourth-order valence-electron chi connectivity index (χ4n) is 1.16. The van der Waals surface area contributed by atoms with Crippen LogP contribution in [0.1, 0.15) is 12.0 Å². The van der Waals surface area contributed by atoms with E-state index in [0.29, 0.717) is 0 Å². The monoisotopic (exact) mass is 181 g/mol. The number of hydrogen-bond donors (Lipinski definition) is 2. The second-order valence-electron chi connectivity index (χ2n) is 3.13. The van der Waals surface area contributed by atoms with Gasteiger partial charge < -0.3 is 10.2 Å². The minimum absolute atomic E-state index is 0.00756. The molecule has 0 aliphatic heterocycles. The summed E-state index contributed by atoms with van der Waals surface area (Å²) in [5.41, 5.74) is 1.20. The number of rotatable bonds is 5. The highest BCUT2D eigenvalue weighted by Crippen LogP contribution is 2.07. The molecule has 0 saturated heterocycles. The third-order valence-corrected chi connectivity index (χ3v) is 2.11. The average Bonchev–Trinajstić information content (AvgIpc) is 2.21. The summed E-state index contributed by atoms with van der Waals surface area (Å²) < 4.78 is 0. The molecular formula is C10H15NO2. The van der Waals surface area contributed by atoms with E-state index in [1.54, 1.807) is 12.4 Å². The number of nitrogens with zero attached hydrogens (tertiary/aromatic N) is 1. The molecule has 1 rings (SSSR count). The smallest absolute Gasteiger partial charge is 0.0481 e. The van der Waals surface area contributed by atoms with Gasteiger partial charge in [-0.15, -0.1) is 0 Å². The first-order valence-corrected chi connectivity index (χ1v) is 4.47. The predicted octanol–water partition coefficient (Wildman–Crippen LogP) is 0.615. The van der Waals surface area contributed by atoms with E-state index in [4.69, 9.17) is 10.2 Å². The van der Waals surface area contributed by atoms with Gasteiger partial charge >= 0.3 is 0 Å². The number of pyridine rings is 1. The van der Waals surface area contributed by atoms with Crippen molar-refractivity contribution in [2.75, 3.05) is 13.2 Å². The first-order chi connectivity index (χ1) is 6.36. The Labute approximate surface area is 78.1 Å². The number of aromatic nitrogens is 1. The molecule has 0 aliphatic carbocycles. The fraction of sp³-hybridized carbons (Fsp3) is 0.500. The maximum atomic E-state index is 8.83. The van der Waals surface area contributed by atoms with Crippen LogP contribution >= 0.6 is 0 Å². The topological polar surface area (TPSA) is 53.4 Å². The van der Waals surface area contributed by atoms with Crippen molar-refractivity contribution in [3.8, 4) is 0 Å². The van der Waals surface area contributed by atoms with Crippen molar-refractivity contribution in [1.29, 1.82) is 0 Å². The van der Waals surface area contributed by atoms with Crippen molar-refractivity contribution in [3.05, 3.63) is 30.1 Å². The van der Waals surface area contributed by atoms with E-state index in [1.807, 2.05) is 12.1 Å². The molecule has 0 radical (unpaired) electrons. The van der Waals surface area contributed by atoms with Gasteiger partial charge in [0.05, 0.1) is 0 Å². The Morgan fingerprint density at radius 3 is 2.31 bits per heavy atom. The Morgan fingerprint density at radius 2 is 1.77 bits per heavy atom. The minimum atomic E-state index is 0.00756. The molecule has 0 spiro atoms. The van der Waals surface area contributed by atoms with E-state index in [9.17, 15) is 0 Å². The minimum Gasteiger partial charge on any atom is -0.396 e. The van der Waals surface area contributed by atoms with Crippen LogP contribution in [0.25, 0.3) is 0 Å². The molecule has 13 heavy (non-hydrogen) atoms. The zero-order valence-electron chi connectivity index (χ0n) is 7.56. The van der Waals surface area contributed by atoms with Gasteiger partial charge in [-0.1, -0.05) is 0 Å². The van der Waals surface area contributed by atoms with E-state index < -0.39 is 0 Å². The molecule has 0 bridgehead atoms. The summed E-state index contributed by atoms with van der Waals surface area (Å²) >= 11 is 0. The van der Waals surface area contributed by atoms with Crippen LogP contribution in [0.4, 0.5) is 0 Å². The number of aliphatic hydroxyl groups is 2. The van der Waals surface area contributed by atoms with Gasteiger partial charge in [-0.2, -0.15) is 0 Å². The molecule has 0 unspecified atom stereocenters. The van der Waals surface area contributed by atoms with Gasteiger partial charge in [0.1, 0.15) is 0 Å². The van der Waals surface area contributed by atoms with Crippen LogP contribution in [0.3, 0.4) is 0 Å². The molecule has 1 aromatic heterocycles. The summed E-state index contributed by atoms with van der Waals surface area (Å²) in [7, 11) is 0.